The molecule has 0 saturated carbocycles. The minimum Gasteiger partial charge on any atom is -0.497 e. The van der Waals surface area contributed by atoms with E-state index in [2.05, 4.69) is 21.2 Å². The topological polar surface area (TPSA) is 21.3 Å². The molecule has 2 aromatic carbocycles. The van der Waals surface area contributed by atoms with Crippen LogP contribution in [0.4, 0.5) is 8.78 Å². The van der Waals surface area contributed by atoms with Crippen molar-refractivity contribution >= 4 is 15.9 Å². The molecular weight excluding hydrogens is 328 g/mol. The number of rotatable bonds is 4. The molecule has 0 spiro atoms. The van der Waals surface area contributed by atoms with E-state index in [0.29, 0.717) is 21.3 Å². The molecule has 0 aliphatic rings. The first kappa shape index (κ1) is 14.9. The van der Waals surface area contributed by atoms with Crippen LogP contribution in [-0.4, -0.2) is 14.2 Å². The highest BCUT2D eigenvalue weighted by Gasteiger charge is 2.20. The molecule has 0 amide bonds. The van der Waals surface area contributed by atoms with Gasteiger partial charge in [0.25, 0.3) is 0 Å². The SMILES string of the molecule is CNC(c1ccc(Br)cc1F)c1ccc(OC)cc1F. The Balaban J connectivity index is 2.47. The number of ether oxygens (including phenoxy) is 1. The maximum Gasteiger partial charge on any atom is 0.132 e. The molecule has 0 aromatic heterocycles. The van der Waals surface area contributed by atoms with E-state index in [9.17, 15) is 8.78 Å². The monoisotopic (exact) mass is 341 g/mol. The average Bonchev–Trinajstić information content (AvgIpc) is 2.43. The lowest BCUT2D eigenvalue weighted by Gasteiger charge is -2.19. The van der Waals surface area contributed by atoms with Crippen molar-refractivity contribution in [2.75, 3.05) is 14.2 Å². The Morgan fingerprint density at radius 2 is 1.65 bits per heavy atom. The van der Waals surface area contributed by atoms with Gasteiger partial charge in [0.05, 0.1) is 13.2 Å². The molecule has 2 aromatic rings. The first-order valence-electron chi connectivity index (χ1n) is 6.02. The summed E-state index contributed by atoms with van der Waals surface area (Å²) in [5.74, 6) is -0.405. The van der Waals surface area contributed by atoms with Crippen molar-refractivity contribution < 1.29 is 13.5 Å². The third kappa shape index (κ3) is 2.99. The van der Waals surface area contributed by atoms with Gasteiger partial charge in [-0.25, -0.2) is 8.78 Å². The summed E-state index contributed by atoms with van der Waals surface area (Å²) >= 11 is 3.21. The van der Waals surface area contributed by atoms with Crippen molar-refractivity contribution in [3.8, 4) is 5.75 Å². The minimum absolute atomic E-state index is 0.370. The zero-order chi connectivity index (χ0) is 14.7. The van der Waals surface area contributed by atoms with Gasteiger partial charge in [-0.3, -0.25) is 0 Å². The van der Waals surface area contributed by atoms with Gasteiger partial charge < -0.3 is 10.1 Å². The summed E-state index contributed by atoms with van der Waals surface area (Å²) in [4.78, 5) is 0. The molecule has 1 unspecified atom stereocenters. The van der Waals surface area contributed by atoms with Crippen molar-refractivity contribution in [2.24, 2.45) is 0 Å². The van der Waals surface area contributed by atoms with Crippen molar-refractivity contribution in [1.82, 2.24) is 5.32 Å². The van der Waals surface area contributed by atoms with Crippen LogP contribution < -0.4 is 10.1 Å². The lowest BCUT2D eigenvalue weighted by molar-refractivity contribution is 0.410. The molecule has 2 nitrogen and oxygen atoms in total. The lowest BCUT2D eigenvalue weighted by atomic mass is 9.98. The summed E-state index contributed by atoms with van der Waals surface area (Å²) in [6, 6.07) is 8.69. The van der Waals surface area contributed by atoms with Crippen LogP contribution in [0.3, 0.4) is 0 Å². The average molecular weight is 342 g/mol. The number of benzene rings is 2. The van der Waals surface area contributed by atoms with Gasteiger partial charge in [0.2, 0.25) is 0 Å². The van der Waals surface area contributed by atoms with E-state index in [0.717, 1.165) is 0 Å². The van der Waals surface area contributed by atoms with Crippen LogP contribution in [0.5, 0.6) is 5.75 Å². The number of hydrogen-bond acceptors (Lipinski definition) is 2. The Bertz CT molecular complexity index is 619. The maximum atomic E-state index is 14.1. The first-order chi connectivity index (χ1) is 9.56. The van der Waals surface area contributed by atoms with Gasteiger partial charge in [-0.2, -0.15) is 0 Å². The van der Waals surface area contributed by atoms with E-state index in [-0.39, 0.29) is 0 Å². The summed E-state index contributed by atoms with van der Waals surface area (Å²) in [5.41, 5.74) is 0.759. The summed E-state index contributed by atoms with van der Waals surface area (Å²) in [7, 11) is 3.13. The van der Waals surface area contributed by atoms with Gasteiger partial charge in [0.1, 0.15) is 17.4 Å². The Morgan fingerprint density at radius 1 is 1.05 bits per heavy atom. The van der Waals surface area contributed by atoms with E-state index >= 15 is 0 Å². The summed E-state index contributed by atoms with van der Waals surface area (Å²) in [5, 5.41) is 2.94. The number of halogens is 3. The Kier molecular flexibility index (Phi) is 4.73. The molecule has 1 N–H and O–H groups in total. The Labute approximate surface area is 124 Å². The summed E-state index contributed by atoms with van der Waals surface area (Å²) in [6.45, 7) is 0. The fourth-order valence-corrected chi connectivity index (χ4v) is 2.42. The van der Waals surface area contributed by atoms with E-state index in [1.807, 2.05) is 0 Å². The minimum atomic E-state index is -0.561. The molecule has 106 valence electrons. The largest absolute Gasteiger partial charge is 0.497 e. The van der Waals surface area contributed by atoms with Gasteiger partial charge >= 0.3 is 0 Å². The molecular formula is C15H14BrF2NO. The van der Waals surface area contributed by atoms with Crippen molar-refractivity contribution in [1.29, 1.82) is 0 Å². The molecule has 0 fully saturated rings. The molecule has 20 heavy (non-hydrogen) atoms. The normalized spacial score (nSPS) is 12.2. The van der Waals surface area contributed by atoms with Crippen LogP contribution in [0.2, 0.25) is 0 Å². The van der Waals surface area contributed by atoms with Gasteiger partial charge in [-0.15, -0.1) is 0 Å². The predicted molar refractivity (Wildman–Crippen MR) is 78.0 cm³/mol. The van der Waals surface area contributed by atoms with E-state index in [4.69, 9.17) is 4.74 Å². The smallest absolute Gasteiger partial charge is 0.132 e. The van der Waals surface area contributed by atoms with E-state index in [1.165, 1.54) is 19.2 Å². The highest BCUT2D eigenvalue weighted by atomic mass is 79.9. The second-order valence-electron chi connectivity index (χ2n) is 4.27. The fourth-order valence-electron chi connectivity index (χ4n) is 2.08. The quantitative estimate of drug-likeness (QED) is 0.905. The van der Waals surface area contributed by atoms with Gasteiger partial charge in [0, 0.05) is 21.7 Å². The molecule has 0 aliphatic heterocycles. The third-order valence-corrected chi connectivity index (χ3v) is 3.57. The molecule has 0 saturated heterocycles. The van der Waals surface area contributed by atoms with E-state index < -0.39 is 17.7 Å². The first-order valence-corrected chi connectivity index (χ1v) is 6.81. The molecule has 0 heterocycles. The van der Waals surface area contributed by atoms with Gasteiger partial charge in [-0.1, -0.05) is 28.1 Å². The Hall–Kier alpha value is -1.46. The number of methoxy groups -OCH3 is 1. The zero-order valence-electron chi connectivity index (χ0n) is 11.1. The maximum absolute atomic E-state index is 14.1. The summed E-state index contributed by atoms with van der Waals surface area (Å²) in [6.07, 6.45) is 0. The lowest BCUT2D eigenvalue weighted by Crippen LogP contribution is -2.20. The van der Waals surface area contributed by atoms with Crippen LogP contribution in [0.1, 0.15) is 17.2 Å². The van der Waals surface area contributed by atoms with Crippen molar-refractivity contribution in [3.05, 3.63) is 63.6 Å². The third-order valence-electron chi connectivity index (χ3n) is 3.08. The number of nitrogens with one attached hydrogen (secondary N) is 1. The van der Waals surface area contributed by atoms with Crippen LogP contribution in [-0.2, 0) is 0 Å². The standard InChI is InChI=1S/C15H14BrF2NO/c1-19-15(11-5-3-9(16)7-13(11)17)12-6-4-10(20-2)8-14(12)18/h3-8,15,19H,1-2H3. The Morgan fingerprint density at radius 3 is 2.15 bits per heavy atom. The molecule has 0 aliphatic carbocycles. The van der Waals surface area contributed by atoms with Crippen LogP contribution >= 0.6 is 15.9 Å². The second-order valence-corrected chi connectivity index (χ2v) is 5.19. The van der Waals surface area contributed by atoms with E-state index in [1.54, 1.807) is 31.3 Å². The summed E-state index contributed by atoms with van der Waals surface area (Å²) < 4.78 is 33.8. The zero-order valence-corrected chi connectivity index (χ0v) is 12.7. The van der Waals surface area contributed by atoms with Gasteiger partial charge in [-0.05, 0) is 25.2 Å². The molecule has 0 radical (unpaired) electrons. The fraction of sp³-hybridized carbons (Fsp3) is 0.200. The van der Waals surface area contributed by atoms with Crippen molar-refractivity contribution in [3.63, 3.8) is 0 Å². The second kappa shape index (κ2) is 6.33. The van der Waals surface area contributed by atoms with Gasteiger partial charge in [0.15, 0.2) is 0 Å². The van der Waals surface area contributed by atoms with Crippen LogP contribution in [0, 0.1) is 11.6 Å². The molecule has 5 heteroatoms. The van der Waals surface area contributed by atoms with Crippen LogP contribution in [0.15, 0.2) is 40.9 Å². The highest BCUT2D eigenvalue weighted by Crippen LogP contribution is 2.29. The van der Waals surface area contributed by atoms with Crippen molar-refractivity contribution in [2.45, 2.75) is 6.04 Å². The predicted octanol–water partition coefficient (Wildman–Crippen LogP) is 4.04. The molecule has 2 rings (SSSR count). The van der Waals surface area contributed by atoms with Crippen LogP contribution in [0.25, 0.3) is 0 Å². The highest BCUT2D eigenvalue weighted by molar-refractivity contribution is 9.10. The number of hydrogen-bond donors (Lipinski definition) is 1. The molecule has 1 atom stereocenters. The molecule has 0 bridgehead atoms.